The number of carboxylic acids is 1. The Labute approximate surface area is 148 Å². The summed E-state index contributed by atoms with van der Waals surface area (Å²) in [7, 11) is 0. The molecule has 24 heavy (non-hydrogen) atoms. The number of nitrogens with two attached hydrogens (primary N) is 1. The summed E-state index contributed by atoms with van der Waals surface area (Å²) in [6.07, 6.45) is 0.267. The summed E-state index contributed by atoms with van der Waals surface area (Å²) in [4.78, 5) is 15.5. The van der Waals surface area contributed by atoms with Crippen LogP contribution in [0.15, 0.2) is 48.5 Å². The Morgan fingerprint density at radius 3 is 2.50 bits per heavy atom. The van der Waals surface area contributed by atoms with E-state index in [0.717, 1.165) is 16.5 Å². The van der Waals surface area contributed by atoms with E-state index in [0.29, 0.717) is 21.3 Å². The molecule has 1 heterocycles. The molecular weight excluding hydrogens is 347 g/mol. The van der Waals surface area contributed by atoms with Crippen molar-refractivity contribution in [1.29, 1.82) is 0 Å². The Kier molecular flexibility index (Phi) is 4.71. The predicted octanol–water partition coefficient (Wildman–Crippen LogP) is 4.16. The Morgan fingerprint density at radius 2 is 1.83 bits per heavy atom. The van der Waals surface area contributed by atoms with Gasteiger partial charge in [-0.2, -0.15) is 0 Å². The van der Waals surface area contributed by atoms with Crippen LogP contribution in [0, 0.1) is 0 Å². The van der Waals surface area contributed by atoms with Crippen molar-refractivity contribution in [2.75, 3.05) is 0 Å². The lowest BCUT2D eigenvalue weighted by Crippen LogP contribution is -2.32. The molecule has 0 unspecified atom stereocenters. The fraction of sp³-hybridized carbons (Fsp3) is 0.111. The molecule has 122 valence electrons. The molecule has 2 aromatic carbocycles. The van der Waals surface area contributed by atoms with Crippen LogP contribution in [0.3, 0.4) is 0 Å². The minimum atomic E-state index is -1.02. The SMILES string of the molecule is N[C@@H](Cc1ccc2nc(-c3c(Cl)cccc3Cl)ccc2c1)C(=O)O. The second-order valence-corrected chi connectivity index (χ2v) is 6.28. The first-order chi connectivity index (χ1) is 11.5. The molecule has 0 bridgehead atoms. The Bertz CT molecular complexity index is 908. The molecule has 0 saturated heterocycles. The molecule has 0 aliphatic rings. The first kappa shape index (κ1) is 16.7. The third-order valence-electron chi connectivity index (χ3n) is 3.75. The van der Waals surface area contributed by atoms with Gasteiger partial charge in [0.15, 0.2) is 0 Å². The number of carbonyl (C=O) groups is 1. The fourth-order valence-electron chi connectivity index (χ4n) is 2.53. The van der Waals surface area contributed by atoms with E-state index in [9.17, 15) is 4.79 Å². The maximum Gasteiger partial charge on any atom is 0.320 e. The van der Waals surface area contributed by atoms with Crippen molar-refractivity contribution in [2.45, 2.75) is 12.5 Å². The lowest BCUT2D eigenvalue weighted by molar-refractivity contribution is -0.138. The molecule has 0 aliphatic carbocycles. The minimum absolute atomic E-state index is 0.267. The van der Waals surface area contributed by atoms with E-state index in [1.807, 2.05) is 30.3 Å². The first-order valence-corrected chi connectivity index (χ1v) is 8.04. The van der Waals surface area contributed by atoms with Crippen LogP contribution in [-0.2, 0) is 11.2 Å². The number of nitrogens with zero attached hydrogens (tertiary/aromatic N) is 1. The monoisotopic (exact) mass is 360 g/mol. The Morgan fingerprint density at radius 1 is 1.12 bits per heavy atom. The van der Waals surface area contributed by atoms with E-state index in [-0.39, 0.29) is 6.42 Å². The highest BCUT2D eigenvalue weighted by molar-refractivity contribution is 6.39. The van der Waals surface area contributed by atoms with Crippen molar-refractivity contribution in [3.63, 3.8) is 0 Å². The van der Waals surface area contributed by atoms with Gasteiger partial charge in [-0.15, -0.1) is 0 Å². The summed E-state index contributed by atoms with van der Waals surface area (Å²) in [6.45, 7) is 0. The van der Waals surface area contributed by atoms with Crippen LogP contribution in [0.1, 0.15) is 5.56 Å². The third-order valence-corrected chi connectivity index (χ3v) is 4.38. The van der Waals surface area contributed by atoms with Gasteiger partial charge in [0, 0.05) is 10.9 Å². The Balaban J connectivity index is 2.00. The van der Waals surface area contributed by atoms with Gasteiger partial charge >= 0.3 is 5.97 Å². The molecule has 6 heteroatoms. The van der Waals surface area contributed by atoms with Crippen LogP contribution in [0.4, 0.5) is 0 Å². The summed E-state index contributed by atoms with van der Waals surface area (Å²) in [5.74, 6) is -1.02. The zero-order chi connectivity index (χ0) is 17.3. The summed E-state index contributed by atoms with van der Waals surface area (Å²) in [6, 6.07) is 13.7. The standard InChI is InChI=1S/C18H14Cl2N2O2/c19-12-2-1-3-13(20)17(12)16-7-5-11-8-10(4-6-15(11)22-16)9-14(21)18(23)24/h1-8,14H,9,21H2,(H,23,24)/t14-/m0/s1. The lowest BCUT2D eigenvalue weighted by Gasteiger charge is -2.10. The molecule has 0 radical (unpaired) electrons. The number of pyridine rings is 1. The first-order valence-electron chi connectivity index (χ1n) is 7.28. The van der Waals surface area contributed by atoms with Crippen molar-refractivity contribution in [3.05, 3.63) is 64.1 Å². The van der Waals surface area contributed by atoms with Gasteiger partial charge in [-0.05, 0) is 42.3 Å². The second-order valence-electron chi connectivity index (χ2n) is 5.47. The lowest BCUT2D eigenvalue weighted by atomic mass is 10.0. The molecule has 4 nitrogen and oxygen atoms in total. The number of carboxylic acid groups (broad SMARTS) is 1. The molecular formula is C18H14Cl2N2O2. The van der Waals surface area contributed by atoms with Gasteiger partial charge in [-0.25, -0.2) is 4.98 Å². The van der Waals surface area contributed by atoms with Crippen LogP contribution >= 0.6 is 23.2 Å². The highest BCUT2D eigenvalue weighted by atomic mass is 35.5. The van der Waals surface area contributed by atoms with E-state index in [1.54, 1.807) is 18.2 Å². The molecule has 0 fully saturated rings. The summed E-state index contributed by atoms with van der Waals surface area (Å²) >= 11 is 12.5. The number of hydrogen-bond donors (Lipinski definition) is 2. The maximum absolute atomic E-state index is 10.9. The largest absolute Gasteiger partial charge is 0.480 e. The predicted molar refractivity (Wildman–Crippen MR) is 96.5 cm³/mol. The summed E-state index contributed by atoms with van der Waals surface area (Å²) in [5, 5.41) is 10.9. The normalized spacial score (nSPS) is 12.3. The summed E-state index contributed by atoms with van der Waals surface area (Å²) in [5.41, 5.74) is 8.59. The fourth-order valence-corrected chi connectivity index (χ4v) is 3.12. The molecule has 1 aromatic heterocycles. The quantitative estimate of drug-likeness (QED) is 0.732. The number of rotatable bonds is 4. The molecule has 1 atom stereocenters. The van der Waals surface area contributed by atoms with Gasteiger partial charge in [-0.1, -0.05) is 41.4 Å². The van der Waals surface area contributed by atoms with Crippen LogP contribution in [0.2, 0.25) is 10.0 Å². The van der Waals surface area contributed by atoms with Gasteiger partial charge in [0.2, 0.25) is 0 Å². The smallest absolute Gasteiger partial charge is 0.320 e. The number of hydrogen-bond acceptors (Lipinski definition) is 3. The Hall–Kier alpha value is -2.14. The highest BCUT2D eigenvalue weighted by Gasteiger charge is 2.13. The van der Waals surface area contributed by atoms with Crippen molar-refractivity contribution in [2.24, 2.45) is 5.73 Å². The molecule has 3 N–H and O–H groups in total. The van der Waals surface area contributed by atoms with Crippen LogP contribution in [-0.4, -0.2) is 22.1 Å². The van der Waals surface area contributed by atoms with Crippen LogP contribution in [0.5, 0.6) is 0 Å². The molecule has 0 aliphatic heterocycles. The van der Waals surface area contributed by atoms with Gasteiger partial charge in [0.05, 0.1) is 21.3 Å². The van der Waals surface area contributed by atoms with E-state index in [1.165, 1.54) is 0 Å². The summed E-state index contributed by atoms with van der Waals surface area (Å²) < 4.78 is 0. The molecule has 0 spiro atoms. The van der Waals surface area contributed by atoms with Gasteiger partial charge in [0.25, 0.3) is 0 Å². The van der Waals surface area contributed by atoms with Crippen molar-refractivity contribution in [1.82, 2.24) is 4.98 Å². The molecule has 3 aromatic rings. The van der Waals surface area contributed by atoms with Crippen LogP contribution < -0.4 is 5.73 Å². The number of halogens is 2. The average molecular weight is 361 g/mol. The van der Waals surface area contributed by atoms with E-state index < -0.39 is 12.0 Å². The zero-order valence-corrected chi connectivity index (χ0v) is 14.1. The van der Waals surface area contributed by atoms with Gasteiger partial charge < -0.3 is 10.8 Å². The van der Waals surface area contributed by atoms with E-state index in [4.69, 9.17) is 34.0 Å². The number of benzene rings is 2. The van der Waals surface area contributed by atoms with Gasteiger partial charge in [-0.3, -0.25) is 4.79 Å². The zero-order valence-electron chi connectivity index (χ0n) is 12.5. The number of aliphatic carboxylic acids is 1. The van der Waals surface area contributed by atoms with Crippen molar-refractivity contribution < 1.29 is 9.90 Å². The van der Waals surface area contributed by atoms with Gasteiger partial charge in [0.1, 0.15) is 6.04 Å². The van der Waals surface area contributed by atoms with E-state index >= 15 is 0 Å². The minimum Gasteiger partial charge on any atom is -0.480 e. The topological polar surface area (TPSA) is 76.2 Å². The maximum atomic E-state index is 10.9. The highest BCUT2D eigenvalue weighted by Crippen LogP contribution is 2.34. The number of fused-ring (bicyclic) bond motifs is 1. The molecule has 0 saturated carbocycles. The number of aromatic nitrogens is 1. The third kappa shape index (κ3) is 3.36. The second kappa shape index (κ2) is 6.77. The van der Waals surface area contributed by atoms with Crippen molar-refractivity contribution >= 4 is 40.1 Å². The van der Waals surface area contributed by atoms with Crippen molar-refractivity contribution in [3.8, 4) is 11.3 Å². The van der Waals surface area contributed by atoms with E-state index in [2.05, 4.69) is 4.98 Å². The molecule has 0 amide bonds. The average Bonchev–Trinajstić information content (AvgIpc) is 2.54. The molecule has 3 rings (SSSR count). The van der Waals surface area contributed by atoms with Crippen LogP contribution in [0.25, 0.3) is 22.2 Å².